The first-order valence-electron chi connectivity index (χ1n) is 8.27. The van der Waals surface area contributed by atoms with E-state index in [0.717, 1.165) is 12.8 Å². The predicted molar refractivity (Wildman–Crippen MR) is 96.0 cm³/mol. The third-order valence-corrected chi connectivity index (χ3v) is 4.94. The Morgan fingerprint density at radius 3 is 2.17 bits per heavy atom. The van der Waals surface area contributed by atoms with Gasteiger partial charge in [0, 0.05) is 38.9 Å². The number of rotatable bonds is 5. The molecule has 7 heteroatoms. The van der Waals surface area contributed by atoms with Gasteiger partial charge in [-0.1, -0.05) is 19.9 Å². The molecular weight excluding hydrogens is 328 g/mol. The first kappa shape index (κ1) is 20.4. The smallest absolute Gasteiger partial charge is 0.272 e. The predicted octanol–water partition coefficient (Wildman–Crippen LogP) is 1.55. The highest BCUT2D eigenvalue weighted by Crippen LogP contribution is 2.28. The van der Waals surface area contributed by atoms with Crippen molar-refractivity contribution in [3.8, 4) is 0 Å². The molecule has 6 nitrogen and oxygen atoms in total. The molecule has 1 aromatic heterocycles. The Labute approximate surface area is 149 Å². The van der Waals surface area contributed by atoms with Crippen molar-refractivity contribution in [1.29, 1.82) is 0 Å². The van der Waals surface area contributed by atoms with E-state index in [9.17, 15) is 9.59 Å². The van der Waals surface area contributed by atoms with Crippen molar-refractivity contribution in [2.75, 3.05) is 32.7 Å². The number of hydrogen-bond donors (Lipinski definition) is 1. The minimum atomic E-state index is -0.465. The average molecular weight is 355 g/mol. The van der Waals surface area contributed by atoms with Crippen LogP contribution in [0.15, 0.2) is 24.4 Å². The maximum absolute atomic E-state index is 12.8. The van der Waals surface area contributed by atoms with Crippen LogP contribution in [0.1, 0.15) is 37.2 Å². The average Bonchev–Trinajstić information content (AvgIpc) is 2.64. The third-order valence-electron chi connectivity index (χ3n) is 4.94. The zero-order valence-electron chi connectivity index (χ0n) is 14.4. The van der Waals surface area contributed by atoms with E-state index in [1.54, 1.807) is 29.3 Å². The molecular formula is C17H27ClN4O2. The van der Waals surface area contributed by atoms with Crippen LogP contribution < -0.4 is 5.73 Å². The summed E-state index contributed by atoms with van der Waals surface area (Å²) in [5, 5.41) is 0. The molecule has 24 heavy (non-hydrogen) atoms. The summed E-state index contributed by atoms with van der Waals surface area (Å²) >= 11 is 0. The van der Waals surface area contributed by atoms with E-state index in [1.165, 1.54) is 0 Å². The van der Waals surface area contributed by atoms with Crippen LogP contribution in [-0.4, -0.2) is 59.3 Å². The van der Waals surface area contributed by atoms with Crippen molar-refractivity contribution in [3.05, 3.63) is 30.1 Å². The number of nitrogens with zero attached hydrogens (tertiary/aromatic N) is 3. The van der Waals surface area contributed by atoms with Crippen LogP contribution in [-0.2, 0) is 4.79 Å². The maximum atomic E-state index is 12.8. The van der Waals surface area contributed by atoms with Crippen LogP contribution in [0.3, 0.4) is 0 Å². The van der Waals surface area contributed by atoms with Gasteiger partial charge in [0.15, 0.2) is 0 Å². The van der Waals surface area contributed by atoms with Gasteiger partial charge in [-0.2, -0.15) is 0 Å². The minimum Gasteiger partial charge on any atom is -0.339 e. The van der Waals surface area contributed by atoms with Gasteiger partial charge in [-0.25, -0.2) is 0 Å². The Balaban J connectivity index is 0.00000288. The molecule has 134 valence electrons. The van der Waals surface area contributed by atoms with E-state index in [2.05, 4.69) is 4.98 Å². The number of halogens is 1. The number of nitrogens with two attached hydrogens (primary N) is 1. The summed E-state index contributed by atoms with van der Waals surface area (Å²) in [7, 11) is 0. The molecule has 0 saturated carbocycles. The van der Waals surface area contributed by atoms with Gasteiger partial charge in [-0.05, 0) is 25.0 Å². The molecule has 2 N–H and O–H groups in total. The van der Waals surface area contributed by atoms with Crippen molar-refractivity contribution < 1.29 is 9.59 Å². The van der Waals surface area contributed by atoms with Gasteiger partial charge in [0.1, 0.15) is 5.69 Å². The van der Waals surface area contributed by atoms with Crippen molar-refractivity contribution in [3.63, 3.8) is 0 Å². The number of aromatic nitrogens is 1. The standard InChI is InChI=1S/C17H26N4O2.ClH/c1-3-17(4-2,13-18)16(23)21-11-9-20(10-12-21)15(22)14-7-5-6-8-19-14;/h5-8H,3-4,9-13,18H2,1-2H3;1H. The minimum absolute atomic E-state index is 0. The number of amides is 2. The zero-order valence-corrected chi connectivity index (χ0v) is 15.2. The number of carbonyl (C=O) groups excluding carboxylic acids is 2. The topological polar surface area (TPSA) is 79.5 Å². The van der Waals surface area contributed by atoms with Crippen LogP contribution in [0.2, 0.25) is 0 Å². The van der Waals surface area contributed by atoms with Gasteiger partial charge in [-0.15, -0.1) is 12.4 Å². The maximum Gasteiger partial charge on any atom is 0.272 e. The molecule has 0 unspecified atom stereocenters. The van der Waals surface area contributed by atoms with Gasteiger partial charge < -0.3 is 15.5 Å². The largest absolute Gasteiger partial charge is 0.339 e. The fraction of sp³-hybridized carbons (Fsp3) is 0.588. The SMILES string of the molecule is CCC(CC)(CN)C(=O)N1CCN(C(=O)c2ccccn2)CC1.Cl. The molecule has 0 aromatic carbocycles. The third kappa shape index (κ3) is 4.05. The fourth-order valence-corrected chi connectivity index (χ4v) is 3.03. The lowest BCUT2D eigenvalue weighted by atomic mass is 9.81. The molecule has 0 radical (unpaired) electrons. The van der Waals surface area contributed by atoms with Crippen molar-refractivity contribution in [2.45, 2.75) is 26.7 Å². The molecule has 2 rings (SSSR count). The molecule has 0 spiro atoms. The van der Waals surface area contributed by atoms with Crippen molar-refractivity contribution >= 4 is 24.2 Å². The Morgan fingerprint density at radius 2 is 1.71 bits per heavy atom. The van der Waals surface area contributed by atoms with Crippen molar-refractivity contribution in [1.82, 2.24) is 14.8 Å². The molecule has 2 amide bonds. The second-order valence-electron chi connectivity index (χ2n) is 5.99. The highest BCUT2D eigenvalue weighted by molar-refractivity contribution is 5.92. The van der Waals surface area contributed by atoms with Crippen LogP contribution >= 0.6 is 12.4 Å². The first-order chi connectivity index (χ1) is 11.1. The second kappa shape index (κ2) is 8.99. The number of pyridine rings is 1. The van der Waals surface area contributed by atoms with Crippen LogP contribution in [0, 0.1) is 5.41 Å². The highest BCUT2D eigenvalue weighted by Gasteiger charge is 2.38. The van der Waals surface area contributed by atoms with E-state index in [0.29, 0.717) is 38.4 Å². The number of hydrogen-bond acceptors (Lipinski definition) is 4. The second-order valence-corrected chi connectivity index (χ2v) is 5.99. The van der Waals surface area contributed by atoms with Crippen LogP contribution in [0.25, 0.3) is 0 Å². The lowest BCUT2D eigenvalue weighted by molar-refractivity contribution is -0.143. The lowest BCUT2D eigenvalue weighted by Gasteiger charge is -2.40. The molecule has 0 bridgehead atoms. The van der Waals surface area contributed by atoms with Crippen molar-refractivity contribution in [2.24, 2.45) is 11.1 Å². The van der Waals surface area contributed by atoms with E-state index in [1.807, 2.05) is 18.7 Å². The molecule has 2 heterocycles. The molecule has 1 aromatic rings. The van der Waals surface area contributed by atoms with Gasteiger partial charge in [0.05, 0.1) is 5.41 Å². The summed E-state index contributed by atoms with van der Waals surface area (Å²) in [6.45, 7) is 6.57. The lowest BCUT2D eigenvalue weighted by Crippen LogP contribution is -2.55. The normalized spacial score (nSPS) is 15.0. The van der Waals surface area contributed by atoms with E-state index in [4.69, 9.17) is 5.73 Å². The quantitative estimate of drug-likeness (QED) is 0.870. The van der Waals surface area contributed by atoms with Gasteiger partial charge in [0.2, 0.25) is 5.91 Å². The monoisotopic (exact) mass is 354 g/mol. The summed E-state index contributed by atoms with van der Waals surface area (Å²) in [5.41, 5.74) is 5.85. The summed E-state index contributed by atoms with van der Waals surface area (Å²) in [6.07, 6.45) is 3.10. The number of carbonyl (C=O) groups is 2. The van der Waals surface area contributed by atoms with Crippen LogP contribution in [0.5, 0.6) is 0 Å². The highest BCUT2D eigenvalue weighted by atomic mass is 35.5. The zero-order chi connectivity index (χ0) is 16.9. The summed E-state index contributed by atoms with van der Waals surface area (Å²) in [4.78, 5) is 32.9. The van der Waals surface area contributed by atoms with E-state index < -0.39 is 5.41 Å². The Morgan fingerprint density at radius 1 is 1.12 bits per heavy atom. The van der Waals surface area contributed by atoms with Gasteiger partial charge >= 0.3 is 0 Å². The first-order valence-corrected chi connectivity index (χ1v) is 8.27. The van der Waals surface area contributed by atoms with Crippen LogP contribution in [0.4, 0.5) is 0 Å². The molecule has 1 fully saturated rings. The Bertz CT molecular complexity index is 533. The summed E-state index contributed by atoms with van der Waals surface area (Å²) in [6, 6.07) is 5.31. The molecule has 1 aliphatic rings. The molecule has 1 saturated heterocycles. The molecule has 1 aliphatic heterocycles. The molecule has 0 aliphatic carbocycles. The summed E-state index contributed by atoms with van der Waals surface area (Å²) < 4.78 is 0. The molecule has 0 atom stereocenters. The summed E-state index contributed by atoms with van der Waals surface area (Å²) in [5.74, 6) is 0.0451. The fourth-order valence-electron chi connectivity index (χ4n) is 3.03. The Kier molecular flexibility index (Phi) is 7.63. The Hall–Kier alpha value is -1.66. The van der Waals surface area contributed by atoms with E-state index in [-0.39, 0.29) is 24.2 Å². The van der Waals surface area contributed by atoms with E-state index >= 15 is 0 Å². The van der Waals surface area contributed by atoms with Gasteiger partial charge in [-0.3, -0.25) is 14.6 Å². The van der Waals surface area contributed by atoms with Gasteiger partial charge in [0.25, 0.3) is 5.91 Å². The number of piperazine rings is 1.